The van der Waals surface area contributed by atoms with Crippen molar-refractivity contribution >= 4 is 29.7 Å². The standard InChI is InChI=1S/C15H14N4O2S/c1-21-11-4-2-3-10(5-11)6-18-15(20)13-8-17-14-12(22-13)7-16-9-19-14/h2-5,7-9,13H,6H2,1H3,(H,18,20). The number of aliphatic imine (C=N–C) groups is 1. The van der Waals surface area contributed by atoms with Crippen LogP contribution in [0.3, 0.4) is 0 Å². The van der Waals surface area contributed by atoms with Crippen LogP contribution in [0.2, 0.25) is 0 Å². The minimum atomic E-state index is -0.371. The van der Waals surface area contributed by atoms with Crippen molar-refractivity contribution in [1.82, 2.24) is 15.3 Å². The Bertz CT molecular complexity index is 720. The van der Waals surface area contributed by atoms with Crippen molar-refractivity contribution in [3.05, 3.63) is 42.4 Å². The number of carbonyl (C=O) groups excluding carboxylic acids is 1. The van der Waals surface area contributed by atoms with E-state index in [1.165, 1.54) is 18.1 Å². The highest BCUT2D eigenvalue weighted by Crippen LogP contribution is 2.33. The van der Waals surface area contributed by atoms with Gasteiger partial charge in [0.15, 0.2) is 5.82 Å². The molecule has 0 fully saturated rings. The lowest BCUT2D eigenvalue weighted by molar-refractivity contribution is -0.119. The first kappa shape index (κ1) is 14.5. The summed E-state index contributed by atoms with van der Waals surface area (Å²) in [5.74, 6) is 1.29. The molecule has 1 aliphatic heterocycles. The average Bonchev–Trinajstić information content (AvgIpc) is 2.59. The van der Waals surface area contributed by atoms with Crippen LogP contribution < -0.4 is 10.1 Å². The van der Waals surface area contributed by atoms with E-state index in [0.29, 0.717) is 12.4 Å². The number of fused-ring (bicyclic) bond motifs is 1. The van der Waals surface area contributed by atoms with Crippen LogP contribution in [0.25, 0.3) is 0 Å². The Kier molecular flexibility index (Phi) is 4.34. The quantitative estimate of drug-likeness (QED) is 0.934. The summed E-state index contributed by atoms with van der Waals surface area (Å²) < 4.78 is 5.17. The molecule has 0 aliphatic carbocycles. The SMILES string of the molecule is COc1cccc(CNC(=O)C2C=Nc3ncncc3S2)c1. The van der Waals surface area contributed by atoms with E-state index >= 15 is 0 Å². The summed E-state index contributed by atoms with van der Waals surface area (Å²) >= 11 is 1.40. The van der Waals surface area contributed by atoms with Crippen LogP contribution in [0.4, 0.5) is 5.82 Å². The number of carbonyl (C=O) groups is 1. The molecule has 6 nitrogen and oxygen atoms in total. The number of aromatic nitrogens is 2. The molecule has 0 saturated carbocycles. The molecule has 3 rings (SSSR count). The van der Waals surface area contributed by atoms with E-state index in [-0.39, 0.29) is 11.2 Å². The molecule has 1 aromatic heterocycles. The predicted molar refractivity (Wildman–Crippen MR) is 84.7 cm³/mol. The lowest BCUT2D eigenvalue weighted by Gasteiger charge is -2.16. The number of hydrogen-bond acceptors (Lipinski definition) is 6. The first-order chi connectivity index (χ1) is 10.8. The van der Waals surface area contributed by atoms with Crippen molar-refractivity contribution in [2.45, 2.75) is 16.7 Å². The maximum Gasteiger partial charge on any atom is 0.239 e. The van der Waals surface area contributed by atoms with E-state index in [4.69, 9.17) is 4.74 Å². The van der Waals surface area contributed by atoms with Gasteiger partial charge in [-0.25, -0.2) is 15.0 Å². The molecule has 7 heteroatoms. The van der Waals surface area contributed by atoms with Gasteiger partial charge in [0.25, 0.3) is 0 Å². The third kappa shape index (κ3) is 3.25. The first-order valence-electron chi connectivity index (χ1n) is 6.68. The first-order valence-corrected chi connectivity index (χ1v) is 7.56. The Morgan fingerprint density at radius 3 is 3.23 bits per heavy atom. The number of nitrogens with one attached hydrogen (secondary N) is 1. The molecule has 0 bridgehead atoms. The van der Waals surface area contributed by atoms with Crippen molar-refractivity contribution in [3.63, 3.8) is 0 Å². The number of nitrogens with zero attached hydrogens (tertiary/aromatic N) is 3. The van der Waals surface area contributed by atoms with Gasteiger partial charge in [0.1, 0.15) is 17.3 Å². The van der Waals surface area contributed by atoms with Crippen molar-refractivity contribution in [2.24, 2.45) is 4.99 Å². The highest BCUT2D eigenvalue weighted by Gasteiger charge is 2.23. The lowest BCUT2D eigenvalue weighted by Crippen LogP contribution is -2.33. The van der Waals surface area contributed by atoms with Crippen LogP contribution in [-0.2, 0) is 11.3 Å². The van der Waals surface area contributed by atoms with E-state index in [0.717, 1.165) is 16.2 Å². The maximum absolute atomic E-state index is 12.2. The van der Waals surface area contributed by atoms with Gasteiger partial charge >= 0.3 is 0 Å². The molecular formula is C15H14N4O2S. The Balaban J connectivity index is 1.61. The second-order valence-electron chi connectivity index (χ2n) is 4.60. The smallest absolute Gasteiger partial charge is 0.239 e. The second-order valence-corrected chi connectivity index (χ2v) is 5.78. The molecule has 1 unspecified atom stereocenters. The molecule has 0 radical (unpaired) electrons. The lowest BCUT2D eigenvalue weighted by atomic mass is 10.2. The normalized spacial score (nSPS) is 16.0. The molecule has 22 heavy (non-hydrogen) atoms. The summed E-state index contributed by atoms with van der Waals surface area (Å²) in [5, 5.41) is 2.53. The van der Waals surface area contributed by atoms with Crippen LogP contribution in [0.1, 0.15) is 5.56 Å². The molecule has 1 aliphatic rings. The molecule has 1 N–H and O–H groups in total. The number of amides is 1. The van der Waals surface area contributed by atoms with Crippen molar-refractivity contribution in [2.75, 3.05) is 7.11 Å². The topological polar surface area (TPSA) is 76.5 Å². The summed E-state index contributed by atoms with van der Waals surface area (Å²) in [6.07, 6.45) is 4.73. The van der Waals surface area contributed by atoms with Crippen molar-refractivity contribution in [3.8, 4) is 5.75 Å². The van der Waals surface area contributed by atoms with Gasteiger partial charge in [0.05, 0.1) is 12.0 Å². The number of rotatable bonds is 4. The van der Waals surface area contributed by atoms with Gasteiger partial charge in [-0.3, -0.25) is 4.79 Å². The minimum absolute atomic E-state index is 0.0916. The molecule has 2 aromatic rings. The molecule has 1 aromatic carbocycles. The van der Waals surface area contributed by atoms with Gasteiger partial charge in [-0.15, -0.1) is 11.8 Å². The van der Waals surface area contributed by atoms with E-state index in [2.05, 4.69) is 20.3 Å². The van der Waals surface area contributed by atoms with E-state index in [1.807, 2.05) is 24.3 Å². The zero-order valence-corrected chi connectivity index (χ0v) is 12.7. The molecule has 0 saturated heterocycles. The zero-order valence-electron chi connectivity index (χ0n) is 11.9. The Morgan fingerprint density at radius 1 is 1.45 bits per heavy atom. The number of thioether (sulfide) groups is 1. The van der Waals surface area contributed by atoms with Crippen LogP contribution in [0.15, 0.2) is 46.7 Å². The largest absolute Gasteiger partial charge is 0.497 e. The van der Waals surface area contributed by atoms with Crippen LogP contribution in [-0.4, -0.2) is 34.4 Å². The van der Waals surface area contributed by atoms with Gasteiger partial charge in [-0.05, 0) is 17.7 Å². The molecule has 1 amide bonds. The van der Waals surface area contributed by atoms with Gasteiger partial charge in [0, 0.05) is 19.0 Å². The maximum atomic E-state index is 12.2. The number of methoxy groups -OCH3 is 1. The fourth-order valence-corrected chi connectivity index (χ4v) is 2.91. The van der Waals surface area contributed by atoms with E-state index in [9.17, 15) is 4.79 Å². The van der Waals surface area contributed by atoms with Gasteiger partial charge < -0.3 is 10.1 Å². The number of ether oxygens (including phenoxy) is 1. The fraction of sp³-hybridized carbons (Fsp3) is 0.200. The predicted octanol–water partition coefficient (Wildman–Crippen LogP) is 1.98. The van der Waals surface area contributed by atoms with Gasteiger partial charge in [-0.1, -0.05) is 12.1 Å². The van der Waals surface area contributed by atoms with Crippen LogP contribution >= 0.6 is 11.8 Å². The van der Waals surface area contributed by atoms with Crippen molar-refractivity contribution < 1.29 is 9.53 Å². The summed E-state index contributed by atoms with van der Waals surface area (Å²) in [4.78, 5) is 25.3. The molecule has 112 valence electrons. The summed E-state index contributed by atoms with van der Waals surface area (Å²) in [6.45, 7) is 0.444. The fourth-order valence-electron chi connectivity index (χ4n) is 1.99. The molecule has 1 atom stereocenters. The Labute approximate surface area is 132 Å². The third-order valence-corrected chi connectivity index (χ3v) is 4.24. The summed E-state index contributed by atoms with van der Waals surface area (Å²) in [5.41, 5.74) is 0.981. The van der Waals surface area contributed by atoms with E-state index < -0.39 is 0 Å². The second kappa shape index (κ2) is 6.57. The molecular weight excluding hydrogens is 300 g/mol. The van der Waals surface area contributed by atoms with Gasteiger partial charge in [0.2, 0.25) is 5.91 Å². The Morgan fingerprint density at radius 2 is 2.36 bits per heavy atom. The van der Waals surface area contributed by atoms with Crippen LogP contribution in [0.5, 0.6) is 5.75 Å². The number of benzene rings is 1. The number of hydrogen-bond donors (Lipinski definition) is 1. The molecule has 0 spiro atoms. The van der Waals surface area contributed by atoms with E-state index in [1.54, 1.807) is 19.5 Å². The minimum Gasteiger partial charge on any atom is -0.497 e. The monoisotopic (exact) mass is 314 g/mol. The summed E-state index contributed by atoms with van der Waals surface area (Å²) in [6, 6.07) is 7.59. The zero-order chi connectivity index (χ0) is 15.4. The third-order valence-electron chi connectivity index (χ3n) is 3.10. The highest BCUT2D eigenvalue weighted by atomic mass is 32.2. The average molecular weight is 314 g/mol. The van der Waals surface area contributed by atoms with Gasteiger partial charge in [-0.2, -0.15) is 0 Å². The highest BCUT2D eigenvalue weighted by molar-refractivity contribution is 8.01. The molecule has 2 heterocycles. The Hall–Kier alpha value is -2.41. The van der Waals surface area contributed by atoms with Crippen molar-refractivity contribution in [1.29, 1.82) is 0 Å². The summed E-state index contributed by atoms with van der Waals surface area (Å²) in [7, 11) is 1.62. The van der Waals surface area contributed by atoms with Crippen LogP contribution in [0, 0.1) is 0 Å².